The molecular weight excluding hydrogens is 252 g/mol. The monoisotopic (exact) mass is 264 g/mol. The molecule has 1 aromatic carbocycles. The Balaban J connectivity index is 2.11. The largest absolute Gasteiger partial charge is 0.326 e. The van der Waals surface area contributed by atoms with E-state index in [9.17, 15) is 0 Å². The normalized spacial score (nSPS) is 11.5. The summed E-state index contributed by atoms with van der Waals surface area (Å²) in [6.07, 6.45) is 1.76. The van der Waals surface area contributed by atoms with Gasteiger partial charge in [0.25, 0.3) is 0 Å². The lowest BCUT2D eigenvalue weighted by molar-refractivity contribution is 0.736. The molecule has 0 atom stereocenters. The topological polar surface area (TPSA) is 61.4 Å². The van der Waals surface area contributed by atoms with Gasteiger partial charge in [0.2, 0.25) is 0 Å². The van der Waals surface area contributed by atoms with Gasteiger partial charge in [-0.1, -0.05) is 11.3 Å². The summed E-state index contributed by atoms with van der Waals surface area (Å²) in [7, 11) is 3.88. The Hall–Kier alpha value is -2.76. The van der Waals surface area contributed by atoms with Crippen molar-refractivity contribution in [3.05, 3.63) is 36.5 Å². The van der Waals surface area contributed by atoms with E-state index in [1.807, 2.05) is 49.0 Å². The first-order chi connectivity index (χ1) is 9.75. The zero-order chi connectivity index (χ0) is 13.7. The lowest BCUT2D eigenvalue weighted by Gasteiger charge is -2.04. The number of para-hydroxylation sites is 1. The zero-order valence-corrected chi connectivity index (χ0v) is 11.1. The Labute approximate surface area is 114 Å². The maximum absolute atomic E-state index is 4.64. The van der Waals surface area contributed by atoms with Crippen LogP contribution < -0.4 is 0 Å². The van der Waals surface area contributed by atoms with E-state index in [-0.39, 0.29) is 0 Å². The van der Waals surface area contributed by atoms with E-state index < -0.39 is 0 Å². The van der Waals surface area contributed by atoms with Crippen molar-refractivity contribution in [3.8, 4) is 11.4 Å². The SMILES string of the molecule is Cn1nnc2cccc(-c3nc4ncccc4n3C)c21. The van der Waals surface area contributed by atoms with Crippen molar-refractivity contribution in [1.82, 2.24) is 29.5 Å². The quantitative estimate of drug-likeness (QED) is 0.527. The number of rotatable bonds is 1. The molecular formula is C14H12N6. The van der Waals surface area contributed by atoms with E-state index in [1.165, 1.54) is 0 Å². The third-order valence-electron chi connectivity index (χ3n) is 3.52. The van der Waals surface area contributed by atoms with Gasteiger partial charge in [0.1, 0.15) is 11.3 Å². The molecule has 0 radical (unpaired) electrons. The van der Waals surface area contributed by atoms with Gasteiger partial charge in [-0.2, -0.15) is 0 Å². The standard InChI is InChI=1S/C14H12N6/c1-19-11-7-4-8-15-13(11)16-14(19)9-5-3-6-10-12(9)20(2)18-17-10/h3-8H,1-2H3. The highest BCUT2D eigenvalue weighted by atomic mass is 15.4. The second-order valence-electron chi connectivity index (χ2n) is 4.73. The highest BCUT2D eigenvalue weighted by Crippen LogP contribution is 2.28. The molecule has 0 amide bonds. The van der Waals surface area contributed by atoms with Gasteiger partial charge in [0, 0.05) is 25.9 Å². The third-order valence-corrected chi connectivity index (χ3v) is 3.52. The number of nitrogens with zero attached hydrogens (tertiary/aromatic N) is 6. The van der Waals surface area contributed by atoms with Crippen LogP contribution in [0.1, 0.15) is 0 Å². The summed E-state index contributed by atoms with van der Waals surface area (Å²) in [5.74, 6) is 0.870. The molecule has 0 bridgehead atoms. The van der Waals surface area contributed by atoms with Crippen molar-refractivity contribution in [2.45, 2.75) is 0 Å². The second kappa shape index (κ2) is 3.86. The van der Waals surface area contributed by atoms with Crippen LogP contribution >= 0.6 is 0 Å². The smallest absolute Gasteiger partial charge is 0.178 e. The predicted molar refractivity (Wildman–Crippen MR) is 76.0 cm³/mol. The van der Waals surface area contributed by atoms with Gasteiger partial charge >= 0.3 is 0 Å². The van der Waals surface area contributed by atoms with Gasteiger partial charge in [-0.3, -0.25) is 0 Å². The van der Waals surface area contributed by atoms with Crippen LogP contribution in [0.15, 0.2) is 36.5 Å². The van der Waals surface area contributed by atoms with Crippen molar-refractivity contribution < 1.29 is 0 Å². The summed E-state index contributed by atoms with van der Waals surface area (Å²) in [6.45, 7) is 0. The van der Waals surface area contributed by atoms with E-state index in [0.29, 0.717) is 0 Å². The minimum Gasteiger partial charge on any atom is -0.326 e. The minimum atomic E-state index is 0.747. The van der Waals surface area contributed by atoms with Crippen LogP contribution in [-0.4, -0.2) is 29.5 Å². The first-order valence-corrected chi connectivity index (χ1v) is 6.32. The minimum absolute atomic E-state index is 0.747. The molecule has 0 spiro atoms. The van der Waals surface area contributed by atoms with Crippen LogP contribution in [-0.2, 0) is 14.1 Å². The summed E-state index contributed by atoms with van der Waals surface area (Å²) in [5.41, 5.74) is 4.61. The molecule has 0 aliphatic carbocycles. The average molecular weight is 264 g/mol. The zero-order valence-electron chi connectivity index (χ0n) is 11.1. The fraction of sp³-hybridized carbons (Fsp3) is 0.143. The van der Waals surface area contributed by atoms with Gasteiger partial charge < -0.3 is 4.57 Å². The van der Waals surface area contributed by atoms with Gasteiger partial charge in [-0.25, -0.2) is 14.6 Å². The number of benzene rings is 1. The molecule has 0 saturated carbocycles. The van der Waals surface area contributed by atoms with E-state index in [1.54, 1.807) is 10.9 Å². The maximum Gasteiger partial charge on any atom is 0.178 e. The van der Waals surface area contributed by atoms with Crippen LogP contribution in [0.2, 0.25) is 0 Å². The fourth-order valence-electron chi connectivity index (χ4n) is 2.56. The Morgan fingerprint density at radius 1 is 1.05 bits per heavy atom. The molecule has 0 saturated heterocycles. The third kappa shape index (κ3) is 1.38. The summed E-state index contributed by atoms with van der Waals surface area (Å²) >= 11 is 0. The molecule has 6 heteroatoms. The molecule has 0 fully saturated rings. The Morgan fingerprint density at radius 3 is 2.80 bits per heavy atom. The number of imidazole rings is 1. The van der Waals surface area contributed by atoms with Crippen molar-refractivity contribution in [2.75, 3.05) is 0 Å². The van der Waals surface area contributed by atoms with Crippen molar-refractivity contribution >= 4 is 22.2 Å². The average Bonchev–Trinajstić information content (AvgIpc) is 3.01. The summed E-state index contributed by atoms with van der Waals surface area (Å²) in [4.78, 5) is 8.94. The summed E-state index contributed by atoms with van der Waals surface area (Å²) in [5, 5.41) is 8.23. The van der Waals surface area contributed by atoms with Crippen LogP contribution in [0, 0.1) is 0 Å². The van der Waals surface area contributed by atoms with Crippen molar-refractivity contribution in [2.24, 2.45) is 14.1 Å². The number of pyridine rings is 1. The Morgan fingerprint density at radius 2 is 1.95 bits per heavy atom. The summed E-state index contributed by atoms with van der Waals surface area (Å²) < 4.78 is 3.82. The number of aryl methyl sites for hydroxylation is 2. The van der Waals surface area contributed by atoms with E-state index >= 15 is 0 Å². The molecule has 0 N–H and O–H groups in total. The molecule has 98 valence electrons. The predicted octanol–water partition coefficient (Wildman–Crippen LogP) is 1.92. The number of fused-ring (bicyclic) bond motifs is 2. The van der Waals surface area contributed by atoms with Gasteiger partial charge in [-0.15, -0.1) is 5.10 Å². The highest BCUT2D eigenvalue weighted by Gasteiger charge is 2.15. The lowest BCUT2D eigenvalue weighted by Crippen LogP contribution is -1.96. The second-order valence-corrected chi connectivity index (χ2v) is 4.73. The van der Waals surface area contributed by atoms with Crippen LogP contribution in [0.4, 0.5) is 0 Å². The van der Waals surface area contributed by atoms with E-state index in [2.05, 4.69) is 20.3 Å². The van der Waals surface area contributed by atoms with Gasteiger partial charge in [-0.05, 0) is 24.3 Å². The Bertz CT molecular complexity index is 933. The maximum atomic E-state index is 4.64. The number of hydrogen-bond acceptors (Lipinski definition) is 4. The molecule has 0 aliphatic rings. The van der Waals surface area contributed by atoms with Gasteiger partial charge in [0.15, 0.2) is 5.65 Å². The Kier molecular flexibility index (Phi) is 2.14. The fourth-order valence-corrected chi connectivity index (χ4v) is 2.56. The lowest BCUT2D eigenvalue weighted by atomic mass is 10.1. The number of aromatic nitrogens is 6. The van der Waals surface area contributed by atoms with Gasteiger partial charge in [0.05, 0.1) is 11.0 Å². The molecule has 3 heterocycles. The van der Waals surface area contributed by atoms with Crippen molar-refractivity contribution in [1.29, 1.82) is 0 Å². The van der Waals surface area contributed by atoms with E-state index in [0.717, 1.165) is 33.6 Å². The highest BCUT2D eigenvalue weighted by molar-refractivity contribution is 5.91. The summed E-state index contributed by atoms with van der Waals surface area (Å²) in [6, 6.07) is 9.89. The molecule has 0 unspecified atom stereocenters. The molecule has 0 aliphatic heterocycles. The van der Waals surface area contributed by atoms with Crippen LogP contribution in [0.25, 0.3) is 33.6 Å². The van der Waals surface area contributed by atoms with E-state index in [4.69, 9.17) is 0 Å². The first-order valence-electron chi connectivity index (χ1n) is 6.32. The molecule has 6 nitrogen and oxygen atoms in total. The van der Waals surface area contributed by atoms with Crippen LogP contribution in [0.3, 0.4) is 0 Å². The molecule has 4 aromatic rings. The molecule has 4 rings (SSSR count). The molecule has 3 aromatic heterocycles. The number of hydrogen-bond donors (Lipinski definition) is 0. The molecule has 20 heavy (non-hydrogen) atoms. The van der Waals surface area contributed by atoms with Crippen LogP contribution in [0.5, 0.6) is 0 Å². The van der Waals surface area contributed by atoms with Crippen molar-refractivity contribution in [3.63, 3.8) is 0 Å². The first kappa shape index (κ1) is 11.1.